The average molecular weight is 392 g/mol. The number of rotatable bonds is 4. The number of carbonyl (C=O) groups excluding carboxylic acids is 1. The highest BCUT2D eigenvalue weighted by molar-refractivity contribution is 6.01. The second-order valence-electron chi connectivity index (χ2n) is 7.37. The Kier molecular flexibility index (Phi) is 4.56. The molecule has 0 aliphatic carbocycles. The lowest BCUT2D eigenvalue weighted by Crippen LogP contribution is -2.46. The lowest BCUT2D eigenvalue weighted by Gasteiger charge is -2.37. The number of fused-ring (bicyclic) bond motifs is 1. The summed E-state index contributed by atoms with van der Waals surface area (Å²) in [6.45, 7) is 1.19. The summed E-state index contributed by atoms with van der Waals surface area (Å²) < 4.78 is 26.0. The van der Waals surface area contributed by atoms with Crippen molar-refractivity contribution in [3.8, 4) is 11.3 Å². The summed E-state index contributed by atoms with van der Waals surface area (Å²) in [6, 6.07) is 17.5. The molecule has 0 bridgehead atoms. The molecule has 5 nitrogen and oxygen atoms in total. The summed E-state index contributed by atoms with van der Waals surface area (Å²) in [4.78, 5) is 15.0. The van der Waals surface area contributed by atoms with E-state index in [-0.39, 0.29) is 17.8 Å². The molecule has 2 aliphatic rings. The monoisotopic (exact) mass is 392 g/mol. The van der Waals surface area contributed by atoms with Crippen molar-refractivity contribution in [1.29, 1.82) is 0 Å². The number of para-hydroxylation sites is 1. The summed E-state index contributed by atoms with van der Waals surface area (Å²) in [5.74, 6) is 0.582. The molecule has 0 radical (unpaired) electrons. The number of hydrogen-bond donors (Lipinski definition) is 1. The fraction of sp³-hybridized carbons (Fsp3) is 0.261. The van der Waals surface area contributed by atoms with E-state index in [2.05, 4.69) is 5.32 Å². The van der Waals surface area contributed by atoms with Gasteiger partial charge in [0.1, 0.15) is 17.3 Å². The van der Waals surface area contributed by atoms with Crippen LogP contribution in [0.25, 0.3) is 11.3 Å². The summed E-state index contributed by atoms with van der Waals surface area (Å²) in [7, 11) is 0. The number of carbonyl (C=O) groups is 1. The molecule has 2 aliphatic heterocycles. The van der Waals surface area contributed by atoms with Crippen molar-refractivity contribution in [2.75, 3.05) is 18.5 Å². The van der Waals surface area contributed by atoms with E-state index in [1.807, 2.05) is 24.3 Å². The highest BCUT2D eigenvalue weighted by Gasteiger charge is 2.36. The average Bonchev–Trinajstić information content (AvgIpc) is 3.43. The van der Waals surface area contributed by atoms with E-state index in [4.69, 9.17) is 9.15 Å². The van der Waals surface area contributed by atoms with Gasteiger partial charge in [-0.2, -0.15) is 0 Å². The zero-order valence-electron chi connectivity index (χ0n) is 15.8. The molecule has 1 saturated heterocycles. The van der Waals surface area contributed by atoms with E-state index in [9.17, 15) is 9.18 Å². The van der Waals surface area contributed by atoms with Crippen LogP contribution in [0, 0.1) is 5.82 Å². The van der Waals surface area contributed by atoms with E-state index in [1.54, 1.807) is 35.2 Å². The third kappa shape index (κ3) is 3.29. The van der Waals surface area contributed by atoms with Gasteiger partial charge in [-0.05, 0) is 49.2 Å². The molecule has 29 heavy (non-hydrogen) atoms. The van der Waals surface area contributed by atoms with Crippen LogP contribution in [-0.4, -0.2) is 30.1 Å². The summed E-state index contributed by atoms with van der Waals surface area (Å²) >= 11 is 0. The van der Waals surface area contributed by atoms with Crippen molar-refractivity contribution < 1.29 is 18.3 Å². The van der Waals surface area contributed by atoms with Gasteiger partial charge in [-0.25, -0.2) is 4.39 Å². The Balaban J connectivity index is 1.51. The van der Waals surface area contributed by atoms with Gasteiger partial charge in [0, 0.05) is 18.8 Å². The highest BCUT2D eigenvalue weighted by atomic mass is 19.1. The smallest absolute Gasteiger partial charge is 0.258 e. The third-order valence-electron chi connectivity index (χ3n) is 5.48. The van der Waals surface area contributed by atoms with Crippen molar-refractivity contribution in [1.82, 2.24) is 4.90 Å². The number of benzene rings is 2. The van der Waals surface area contributed by atoms with Gasteiger partial charge >= 0.3 is 0 Å². The van der Waals surface area contributed by atoms with Crippen molar-refractivity contribution in [3.63, 3.8) is 0 Å². The van der Waals surface area contributed by atoms with Crippen molar-refractivity contribution >= 4 is 11.6 Å². The second-order valence-corrected chi connectivity index (χ2v) is 7.37. The topological polar surface area (TPSA) is 54.7 Å². The Hall–Kier alpha value is -3.12. The van der Waals surface area contributed by atoms with Crippen LogP contribution in [0.2, 0.25) is 0 Å². The first-order valence-electron chi connectivity index (χ1n) is 9.83. The molecule has 3 aromatic rings. The molecule has 0 saturated carbocycles. The predicted molar refractivity (Wildman–Crippen MR) is 107 cm³/mol. The maximum Gasteiger partial charge on any atom is 0.258 e. The van der Waals surface area contributed by atoms with Gasteiger partial charge in [-0.3, -0.25) is 4.79 Å². The van der Waals surface area contributed by atoms with Crippen molar-refractivity contribution in [2.45, 2.75) is 25.1 Å². The largest absolute Gasteiger partial charge is 0.457 e. The van der Waals surface area contributed by atoms with Gasteiger partial charge in [-0.15, -0.1) is 0 Å². The number of anilines is 1. The van der Waals surface area contributed by atoms with Gasteiger partial charge in [0.25, 0.3) is 5.91 Å². The molecule has 1 N–H and O–H groups in total. The number of hydrogen-bond acceptors (Lipinski definition) is 4. The van der Waals surface area contributed by atoms with Crippen LogP contribution in [0.5, 0.6) is 0 Å². The van der Waals surface area contributed by atoms with E-state index < -0.39 is 6.17 Å². The molecule has 0 unspecified atom stereocenters. The van der Waals surface area contributed by atoms with Crippen molar-refractivity contribution in [2.24, 2.45) is 0 Å². The molecule has 5 rings (SSSR count). The van der Waals surface area contributed by atoms with Gasteiger partial charge in [0.15, 0.2) is 6.17 Å². The standard InChI is InChI=1S/C23H21FN2O3/c24-18-9-3-1-7-16(18)20-11-12-21(29-20)22-25-19-10-4-2-8-17(19)23(27)26(22)14-15-6-5-13-28-15/h1-4,7-12,15,22,25H,5-6,13-14H2/t15-,22+/m1/s1. The van der Waals surface area contributed by atoms with E-state index in [1.165, 1.54) is 6.07 Å². The minimum atomic E-state index is -0.484. The van der Waals surface area contributed by atoms with Gasteiger partial charge in [-0.1, -0.05) is 24.3 Å². The maximum absolute atomic E-state index is 14.2. The molecule has 2 atom stereocenters. The molecule has 2 aromatic carbocycles. The number of nitrogens with zero attached hydrogens (tertiary/aromatic N) is 1. The number of ether oxygens (including phenoxy) is 1. The SMILES string of the molecule is O=C1c2ccccc2N[C@H](c2ccc(-c3ccccc3F)o2)N1C[C@H]1CCCO1. The van der Waals surface area contributed by atoms with E-state index in [0.717, 1.165) is 25.1 Å². The Morgan fingerprint density at radius 3 is 2.62 bits per heavy atom. The molecule has 1 aromatic heterocycles. The van der Waals surface area contributed by atoms with Crippen LogP contribution in [0.1, 0.15) is 35.1 Å². The number of halogens is 1. The minimum absolute atomic E-state index is 0.00881. The summed E-state index contributed by atoms with van der Waals surface area (Å²) in [5.41, 5.74) is 1.78. The van der Waals surface area contributed by atoms with Gasteiger partial charge < -0.3 is 19.4 Å². The first-order chi connectivity index (χ1) is 14.2. The number of nitrogens with one attached hydrogen (secondary N) is 1. The molecule has 0 spiro atoms. The van der Waals surface area contributed by atoms with Gasteiger partial charge in [0.05, 0.1) is 17.2 Å². The van der Waals surface area contributed by atoms with E-state index >= 15 is 0 Å². The fourth-order valence-corrected chi connectivity index (χ4v) is 4.02. The van der Waals surface area contributed by atoms with Crippen LogP contribution in [0.3, 0.4) is 0 Å². The molecule has 3 heterocycles. The Labute approximate surface area is 168 Å². The van der Waals surface area contributed by atoms with Crippen LogP contribution in [0.15, 0.2) is 65.1 Å². The normalized spacial score (nSPS) is 21.1. The van der Waals surface area contributed by atoms with Crippen LogP contribution < -0.4 is 5.32 Å². The van der Waals surface area contributed by atoms with Crippen LogP contribution >= 0.6 is 0 Å². The zero-order valence-corrected chi connectivity index (χ0v) is 15.8. The van der Waals surface area contributed by atoms with Crippen LogP contribution in [-0.2, 0) is 4.74 Å². The first-order valence-corrected chi connectivity index (χ1v) is 9.83. The fourth-order valence-electron chi connectivity index (χ4n) is 4.02. The predicted octanol–water partition coefficient (Wildman–Crippen LogP) is 4.83. The second kappa shape index (κ2) is 7.37. The zero-order chi connectivity index (χ0) is 19.8. The lowest BCUT2D eigenvalue weighted by atomic mass is 10.1. The maximum atomic E-state index is 14.2. The molecule has 6 heteroatoms. The van der Waals surface area contributed by atoms with Gasteiger partial charge in [0.2, 0.25) is 0 Å². The Morgan fingerprint density at radius 1 is 1.03 bits per heavy atom. The molecular weight excluding hydrogens is 371 g/mol. The highest BCUT2D eigenvalue weighted by Crippen LogP contribution is 2.36. The number of furan rings is 1. The molecule has 1 amide bonds. The number of amides is 1. The molecule has 1 fully saturated rings. The quantitative estimate of drug-likeness (QED) is 0.691. The van der Waals surface area contributed by atoms with E-state index in [0.29, 0.717) is 29.2 Å². The summed E-state index contributed by atoms with van der Waals surface area (Å²) in [6.07, 6.45) is 1.45. The lowest BCUT2D eigenvalue weighted by molar-refractivity contribution is 0.0403. The Morgan fingerprint density at radius 2 is 1.83 bits per heavy atom. The first kappa shape index (κ1) is 17.9. The summed E-state index contributed by atoms with van der Waals surface area (Å²) in [5, 5.41) is 3.41. The Bertz CT molecular complexity index is 1040. The van der Waals surface area contributed by atoms with Crippen LogP contribution in [0.4, 0.5) is 10.1 Å². The third-order valence-corrected chi connectivity index (χ3v) is 5.48. The molecule has 148 valence electrons. The minimum Gasteiger partial charge on any atom is -0.457 e. The van der Waals surface area contributed by atoms with Crippen molar-refractivity contribution in [3.05, 3.63) is 77.8 Å². The molecular formula is C23H21FN2O3.